The number of carbonyl (C=O) groups is 1. The maximum Gasteiger partial charge on any atom is 0.241 e. The van der Waals surface area contributed by atoms with Gasteiger partial charge in [0.15, 0.2) is 0 Å². The molecule has 8 heteroatoms. The first-order chi connectivity index (χ1) is 14.5. The van der Waals surface area contributed by atoms with E-state index < -0.39 is 5.82 Å². The molecule has 0 unspecified atom stereocenters. The van der Waals surface area contributed by atoms with E-state index in [0.29, 0.717) is 23.9 Å². The van der Waals surface area contributed by atoms with E-state index in [1.54, 1.807) is 0 Å². The summed E-state index contributed by atoms with van der Waals surface area (Å²) in [5, 5.41) is 6.90. The highest BCUT2D eigenvalue weighted by Gasteiger charge is 2.26. The van der Waals surface area contributed by atoms with Crippen molar-refractivity contribution in [2.24, 2.45) is 5.92 Å². The lowest BCUT2D eigenvalue weighted by Gasteiger charge is -2.30. The van der Waals surface area contributed by atoms with Gasteiger partial charge in [0.2, 0.25) is 17.6 Å². The molecule has 1 N–H and O–H groups in total. The van der Waals surface area contributed by atoms with Gasteiger partial charge in [0, 0.05) is 17.2 Å². The van der Waals surface area contributed by atoms with Crippen LogP contribution in [0.1, 0.15) is 24.3 Å². The van der Waals surface area contributed by atoms with E-state index in [2.05, 4.69) is 20.4 Å². The van der Waals surface area contributed by atoms with Gasteiger partial charge in [0.05, 0.1) is 11.6 Å². The molecule has 2 aromatic carbocycles. The summed E-state index contributed by atoms with van der Waals surface area (Å²) in [7, 11) is 0. The molecule has 6 nitrogen and oxygen atoms in total. The molecule has 1 aliphatic heterocycles. The molecule has 30 heavy (non-hydrogen) atoms. The summed E-state index contributed by atoms with van der Waals surface area (Å²) in [6, 6.07) is 12.1. The Labute approximate surface area is 179 Å². The zero-order chi connectivity index (χ0) is 21.1. The topological polar surface area (TPSA) is 71.3 Å². The highest BCUT2D eigenvalue weighted by atomic mass is 35.5. The Balaban J connectivity index is 1.29. The van der Waals surface area contributed by atoms with Gasteiger partial charge in [-0.2, -0.15) is 4.98 Å². The van der Waals surface area contributed by atoms with Gasteiger partial charge < -0.3 is 9.84 Å². The van der Waals surface area contributed by atoms with E-state index in [4.69, 9.17) is 16.1 Å². The minimum absolute atomic E-state index is 0.00721. The van der Waals surface area contributed by atoms with Crippen molar-refractivity contribution in [3.63, 3.8) is 0 Å². The fourth-order valence-electron chi connectivity index (χ4n) is 3.58. The second-order valence-electron chi connectivity index (χ2n) is 7.55. The zero-order valence-electron chi connectivity index (χ0n) is 16.6. The van der Waals surface area contributed by atoms with Crippen LogP contribution >= 0.6 is 11.6 Å². The van der Waals surface area contributed by atoms with Gasteiger partial charge >= 0.3 is 0 Å². The number of carbonyl (C=O) groups excluding carboxylic acids is 1. The molecule has 3 aromatic rings. The van der Waals surface area contributed by atoms with Crippen LogP contribution in [0.3, 0.4) is 0 Å². The Morgan fingerprint density at radius 1 is 1.27 bits per heavy atom. The molecule has 1 aromatic heterocycles. The average molecular weight is 429 g/mol. The molecule has 0 spiro atoms. The van der Waals surface area contributed by atoms with Crippen LogP contribution in [-0.2, 0) is 11.3 Å². The predicted molar refractivity (Wildman–Crippen MR) is 113 cm³/mol. The number of nitrogens with one attached hydrogen (secondary N) is 1. The summed E-state index contributed by atoms with van der Waals surface area (Å²) < 4.78 is 18.7. The number of aromatic nitrogens is 2. The Morgan fingerprint density at radius 3 is 2.80 bits per heavy atom. The third kappa shape index (κ3) is 4.86. The number of nitrogens with zero attached hydrogens (tertiary/aromatic N) is 3. The molecule has 0 atom stereocenters. The van der Waals surface area contributed by atoms with Gasteiger partial charge in [-0.05, 0) is 57.1 Å². The maximum atomic E-state index is 13.3. The smallest absolute Gasteiger partial charge is 0.241 e. The van der Waals surface area contributed by atoms with Crippen LogP contribution in [-0.4, -0.2) is 34.0 Å². The van der Waals surface area contributed by atoms with Crippen LogP contribution in [0.2, 0.25) is 5.02 Å². The summed E-state index contributed by atoms with van der Waals surface area (Å²) in [5.41, 5.74) is 2.58. The SMILES string of the molecule is Cc1cccc(-c2noc(CN3CCC(C(=O)Nc4ccc(F)c(Cl)c4)CC3)n2)c1. The first kappa shape index (κ1) is 20.5. The normalized spacial score (nSPS) is 15.3. The summed E-state index contributed by atoms with van der Waals surface area (Å²) >= 11 is 5.77. The number of benzene rings is 2. The summed E-state index contributed by atoms with van der Waals surface area (Å²) in [6.07, 6.45) is 1.44. The highest BCUT2D eigenvalue weighted by molar-refractivity contribution is 6.31. The predicted octanol–water partition coefficient (Wildman–Crippen LogP) is 4.69. The molecule has 0 radical (unpaired) electrons. The lowest BCUT2D eigenvalue weighted by Crippen LogP contribution is -2.37. The molecule has 1 saturated heterocycles. The summed E-state index contributed by atoms with van der Waals surface area (Å²) in [6.45, 7) is 4.09. The number of hydrogen-bond acceptors (Lipinski definition) is 5. The van der Waals surface area contributed by atoms with Crippen molar-refractivity contribution in [1.29, 1.82) is 0 Å². The quantitative estimate of drug-likeness (QED) is 0.638. The minimum atomic E-state index is -0.505. The van der Waals surface area contributed by atoms with Crippen LogP contribution in [0.15, 0.2) is 47.0 Å². The highest BCUT2D eigenvalue weighted by Crippen LogP contribution is 2.24. The number of halogens is 2. The van der Waals surface area contributed by atoms with E-state index in [-0.39, 0.29) is 16.8 Å². The second-order valence-corrected chi connectivity index (χ2v) is 7.96. The monoisotopic (exact) mass is 428 g/mol. The first-order valence-electron chi connectivity index (χ1n) is 9.86. The number of rotatable bonds is 5. The number of anilines is 1. The number of amides is 1. The minimum Gasteiger partial charge on any atom is -0.338 e. The molecule has 0 saturated carbocycles. The Kier molecular flexibility index (Phi) is 6.11. The molecular formula is C22H22ClFN4O2. The lowest BCUT2D eigenvalue weighted by molar-refractivity contribution is -0.121. The van der Waals surface area contributed by atoms with Crippen LogP contribution in [0, 0.1) is 18.7 Å². The molecule has 4 rings (SSSR count). The molecule has 0 bridgehead atoms. The molecular weight excluding hydrogens is 407 g/mol. The number of likely N-dealkylation sites (tertiary alicyclic amines) is 1. The Hall–Kier alpha value is -2.77. The van der Waals surface area contributed by atoms with E-state index >= 15 is 0 Å². The van der Waals surface area contributed by atoms with Gasteiger partial charge in [0.25, 0.3) is 0 Å². The molecule has 156 valence electrons. The average Bonchev–Trinajstić information content (AvgIpc) is 3.20. The van der Waals surface area contributed by atoms with Gasteiger partial charge in [-0.25, -0.2) is 4.39 Å². The van der Waals surface area contributed by atoms with E-state index in [1.807, 2.05) is 31.2 Å². The zero-order valence-corrected chi connectivity index (χ0v) is 17.3. The van der Waals surface area contributed by atoms with Crippen LogP contribution in [0.25, 0.3) is 11.4 Å². The van der Waals surface area contributed by atoms with Crippen molar-refractivity contribution in [3.05, 3.63) is 64.8 Å². The van der Waals surface area contributed by atoms with E-state index in [0.717, 1.165) is 37.1 Å². The number of piperidine rings is 1. The molecule has 2 heterocycles. The fourth-order valence-corrected chi connectivity index (χ4v) is 3.76. The van der Waals surface area contributed by atoms with Gasteiger partial charge in [0.1, 0.15) is 5.82 Å². The van der Waals surface area contributed by atoms with Crippen molar-refractivity contribution in [3.8, 4) is 11.4 Å². The Bertz CT molecular complexity index is 1050. The Morgan fingerprint density at radius 2 is 2.07 bits per heavy atom. The summed E-state index contributed by atoms with van der Waals surface area (Å²) in [4.78, 5) is 19.2. The standard InChI is InChI=1S/C22H22ClFN4O2/c1-14-3-2-4-16(11-14)21-26-20(30-27-21)13-28-9-7-15(8-10-28)22(29)25-17-5-6-19(24)18(23)12-17/h2-6,11-12,15H,7-10,13H2,1H3,(H,25,29). The van der Waals surface area contributed by atoms with Crippen molar-refractivity contribution in [2.75, 3.05) is 18.4 Å². The number of aryl methyl sites for hydroxylation is 1. The van der Waals surface area contributed by atoms with E-state index in [1.165, 1.54) is 18.2 Å². The largest absolute Gasteiger partial charge is 0.338 e. The van der Waals surface area contributed by atoms with Crippen molar-refractivity contribution in [2.45, 2.75) is 26.3 Å². The second kappa shape index (κ2) is 8.93. The molecule has 0 aliphatic carbocycles. The van der Waals surface area contributed by atoms with E-state index in [9.17, 15) is 9.18 Å². The van der Waals surface area contributed by atoms with Crippen LogP contribution in [0.4, 0.5) is 10.1 Å². The third-order valence-corrected chi connectivity index (χ3v) is 5.54. The summed E-state index contributed by atoms with van der Waals surface area (Å²) in [5.74, 6) is 0.471. The van der Waals surface area contributed by atoms with Crippen molar-refractivity contribution < 1.29 is 13.7 Å². The van der Waals surface area contributed by atoms with Crippen LogP contribution < -0.4 is 5.32 Å². The van der Waals surface area contributed by atoms with Crippen molar-refractivity contribution >= 4 is 23.2 Å². The fraction of sp³-hybridized carbons (Fsp3) is 0.318. The van der Waals surface area contributed by atoms with Gasteiger partial charge in [-0.1, -0.05) is 40.5 Å². The van der Waals surface area contributed by atoms with Crippen LogP contribution in [0.5, 0.6) is 0 Å². The molecule has 1 amide bonds. The first-order valence-corrected chi connectivity index (χ1v) is 10.2. The van der Waals surface area contributed by atoms with Gasteiger partial charge in [-0.15, -0.1) is 0 Å². The number of hydrogen-bond donors (Lipinski definition) is 1. The molecule has 1 aliphatic rings. The third-order valence-electron chi connectivity index (χ3n) is 5.25. The lowest BCUT2D eigenvalue weighted by atomic mass is 9.96. The van der Waals surface area contributed by atoms with Crippen molar-refractivity contribution in [1.82, 2.24) is 15.0 Å². The van der Waals surface area contributed by atoms with Gasteiger partial charge in [-0.3, -0.25) is 9.69 Å². The maximum absolute atomic E-state index is 13.3. The molecule has 1 fully saturated rings.